The van der Waals surface area contributed by atoms with E-state index >= 15 is 0 Å². The van der Waals surface area contributed by atoms with E-state index < -0.39 is 0 Å². The van der Waals surface area contributed by atoms with E-state index in [1.54, 1.807) is 0 Å². The largest absolute Gasteiger partial charge is 0.464 e. The lowest BCUT2D eigenvalue weighted by atomic mass is 10.1. The molecule has 1 N–H and O–H groups in total. The van der Waals surface area contributed by atoms with Crippen LogP contribution in [0.4, 0.5) is 5.69 Å². The van der Waals surface area contributed by atoms with Crippen molar-refractivity contribution in [2.75, 3.05) is 26.2 Å². The molecule has 29 heavy (non-hydrogen) atoms. The lowest BCUT2D eigenvalue weighted by Crippen LogP contribution is -2.31. The van der Waals surface area contributed by atoms with Crippen molar-refractivity contribution in [2.24, 2.45) is 4.99 Å². The molecular weight excluding hydrogens is 386 g/mol. The van der Waals surface area contributed by atoms with Crippen LogP contribution in [0.1, 0.15) is 58.9 Å². The lowest BCUT2D eigenvalue weighted by Gasteiger charge is -2.23. The second-order valence-corrected chi connectivity index (χ2v) is 7.55. The number of benzene rings is 1. The minimum atomic E-state index is -0.101. The first kappa shape index (κ1) is 25.2. The van der Waals surface area contributed by atoms with Gasteiger partial charge in [0.1, 0.15) is 6.61 Å². The van der Waals surface area contributed by atoms with Crippen LogP contribution in [0.15, 0.2) is 29.3 Å². The van der Waals surface area contributed by atoms with Crippen LogP contribution in [0.3, 0.4) is 0 Å². The second-order valence-electron chi connectivity index (χ2n) is 7.11. The normalized spacial score (nSPS) is 12.7. The van der Waals surface area contributed by atoms with Crippen LogP contribution < -0.4 is 5.32 Å². The maximum absolute atomic E-state index is 11.5. The molecule has 0 saturated heterocycles. The average molecular weight is 422 g/mol. The number of ether oxygens (including phenoxy) is 1. The minimum absolute atomic E-state index is 0.101. The molecule has 0 bridgehead atoms. The maximum Gasteiger partial charge on any atom is 0.305 e. The van der Waals surface area contributed by atoms with Crippen molar-refractivity contribution >= 4 is 35.7 Å². The number of esters is 1. The molecule has 6 heteroatoms. The van der Waals surface area contributed by atoms with Crippen LogP contribution in [0.2, 0.25) is 5.02 Å². The monoisotopic (exact) mass is 421 g/mol. The van der Waals surface area contributed by atoms with Gasteiger partial charge in [-0.05, 0) is 71.1 Å². The molecule has 0 fully saturated rings. The maximum atomic E-state index is 11.5. The van der Waals surface area contributed by atoms with Gasteiger partial charge in [0.15, 0.2) is 0 Å². The first-order valence-corrected chi connectivity index (χ1v) is 10.9. The van der Waals surface area contributed by atoms with Gasteiger partial charge in [-0.2, -0.15) is 0 Å². The van der Waals surface area contributed by atoms with Gasteiger partial charge in [-0.1, -0.05) is 31.5 Å². The Labute approximate surface area is 181 Å². The molecule has 162 valence electrons. The summed E-state index contributed by atoms with van der Waals surface area (Å²) in [7, 11) is 0. The summed E-state index contributed by atoms with van der Waals surface area (Å²) in [6.07, 6.45) is 5.48. The Bertz CT molecular complexity index is 676. The van der Waals surface area contributed by atoms with Gasteiger partial charge in [-0.25, -0.2) is 0 Å². The van der Waals surface area contributed by atoms with Crippen LogP contribution >= 0.6 is 11.6 Å². The third-order valence-corrected chi connectivity index (χ3v) is 5.03. The summed E-state index contributed by atoms with van der Waals surface area (Å²) < 4.78 is 5.26. The van der Waals surface area contributed by atoms with Gasteiger partial charge in [-0.15, -0.1) is 0 Å². The van der Waals surface area contributed by atoms with E-state index in [4.69, 9.17) is 16.3 Å². The van der Waals surface area contributed by atoms with Gasteiger partial charge in [-0.3, -0.25) is 9.79 Å². The Morgan fingerprint density at radius 1 is 1.38 bits per heavy atom. The van der Waals surface area contributed by atoms with Crippen LogP contribution in [-0.4, -0.2) is 49.9 Å². The Kier molecular flexibility index (Phi) is 12.3. The highest BCUT2D eigenvalue weighted by atomic mass is 35.5. The van der Waals surface area contributed by atoms with Crippen LogP contribution in [0, 0.1) is 0 Å². The molecule has 0 amide bonds. The van der Waals surface area contributed by atoms with Gasteiger partial charge in [0.05, 0.1) is 5.69 Å². The van der Waals surface area contributed by atoms with Crippen LogP contribution in [-0.2, 0) is 9.53 Å². The smallest absolute Gasteiger partial charge is 0.305 e. The number of allylic oxidation sites excluding steroid dienone is 1. The second kappa shape index (κ2) is 14.2. The summed E-state index contributed by atoms with van der Waals surface area (Å²) in [5.74, 6) is -0.101. The fraction of sp³-hybridized carbons (Fsp3) is 0.565. The number of nitrogens with one attached hydrogen (secondary N) is 1. The molecule has 5 nitrogen and oxygen atoms in total. The Morgan fingerprint density at radius 3 is 2.76 bits per heavy atom. The van der Waals surface area contributed by atoms with Crippen molar-refractivity contribution in [1.29, 1.82) is 0 Å². The molecule has 0 aliphatic rings. The van der Waals surface area contributed by atoms with Crippen molar-refractivity contribution in [3.05, 3.63) is 34.9 Å². The summed E-state index contributed by atoms with van der Waals surface area (Å²) in [6.45, 7) is 15.2. The highest BCUT2D eigenvalue weighted by Crippen LogP contribution is 2.28. The van der Waals surface area contributed by atoms with E-state index in [9.17, 15) is 4.79 Å². The van der Waals surface area contributed by atoms with E-state index in [2.05, 4.69) is 41.9 Å². The SMILES string of the molecule is C=Nc1cc(Cl)ccc1/C(=C\C)NC(C)CCCN(CC)CCOC(=O)CCC. The number of rotatable bonds is 14. The quantitative estimate of drug-likeness (QED) is 0.320. The Hall–Kier alpha value is -1.85. The van der Waals surface area contributed by atoms with Crippen molar-refractivity contribution in [3.8, 4) is 0 Å². The third-order valence-electron chi connectivity index (χ3n) is 4.79. The van der Waals surface area contributed by atoms with Gasteiger partial charge >= 0.3 is 5.97 Å². The predicted molar refractivity (Wildman–Crippen MR) is 124 cm³/mol. The molecule has 0 saturated carbocycles. The molecule has 1 atom stereocenters. The van der Waals surface area contributed by atoms with Crippen LogP contribution in [0.5, 0.6) is 0 Å². The van der Waals surface area contributed by atoms with Gasteiger partial charge in [0.2, 0.25) is 0 Å². The molecule has 1 aromatic rings. The average Bonchev–Trinajstić information content (AvgIpc) is 2.71. The molecule has 0 radical (unpaired) electrons. The molecule has 0 aromatic heterocycles. The van der Waals surface area contributed by atoms with Gasteiger partial charge in [0.25, 0.3) is 0 Å². The van der Waals surface area contributed by atoms with Crippen molar-refractivity contribution < 1.29 is 9.53 Å². The van der Waals surface area contributed by atoms with Crippen LogP contribution in [0.25, 0.3) is 5.70 Å². The van der Waals surface area contributed by atoms with E-state index in [1.807, 2.05) is 32.0 Å². The van der Waals surface area contributed by atoms with Crippen molar-refractivity contribution in [2.45, 2.75) is 59.4 Å². The topological polar surface area (TPSA) is 53.9 Å². The zero-order chi connectivity index (χ0) is 21.6. The molecule has 0 spiro atoms. The first-order valence-electron chi connectivity index (χ1n) is 10.5. The molecule has 0 aliphatic heterocycles. The number of hydrogen-bond acceptors (Lipinski definition) is 5. The van der Waals surface area contributed by atoms with E-state index in [0.29, 0.717) is 24.1 Å². The fourth-order valence-electron chi connectivity index (χ4n) is 3.13. The fourth-order valence-corrected chi connectivity index (χ4v) is 3.30. The highest BCUT2D eigenvalue weighted by molar-refractivity contribution is 6.30. The summed E-state index contributed by atoms with van der Waals surface area (Å²) in [5, 5.41) is 4.24. The summed E-state index contributed by atoms with van der Waals surface area (Å²) >= 11 is 6.07. The predicted octanol–water partition coefficient (Wildman–Crippen LogP) is 5.46. The standard InChI is InChI=1S/C23H36ClN3O2/c1-6-10-23(28)29-16-15-27(8-3)14-9-11-18(4)26-21(7-2)20-13-12-19(24)17-22(20)25-5/h7,12-13,17-18,26H,5-6,8-11,14-16H2,1-4H3/b21-7+. The highest BCUT2D eigenvalue weighted by Gasteiger charge is 2.11. The van der Waals surface area contributed by atoms with Gasteiger partial charge in [0, 0.05) is 35.3 Å². The number of nitrogens with zero attached hydrogens (tertiary/aromatic N) is 2. The molecule has 1 rings (SSSR count). The summed E-state index contributed by atoms with van der Waals surface area (Å²) in [4.78, 5) is 17.9. The zero-order valence-corrected chi connectivity index (χ0v) is 19.1. The molecule has 0 heterocycles. The molecule has 1 aromatic carbocycles. The minimum Gasteiger partial charge on any atom is -0.464 e. The lowest BCUT2D eigenvalue weighted by molar-refractivity contribution is -0.144. The van der Waals surface area contributed by atoms with E-state index in [1.165, 1.54) is 0 Å². The van der Waals surface area contributed by atoms with Gasteiger partial charge < -0.3 is 15.0 Å². The molecular formula is C23H36ClN3O2. The molecule has 1 unspecified atom stereocenters. The number of hydrogen-bond donors (Lipinski definition) is 1. The number of carbonyl (C=O) groups excluding carboxylic acids is 1. The van der Waals surface area contributed by atoms with Crippen molar-refractivity contribution in [1.82, 2.24) is 10.2 Å². The Morgan fingerprint density at radius 2 is 2.14 bits per heavy atom. The van der Waals surface area contributed by atoms with E-state index in [-0.39, 0.29) is 5.97 Å². The first-order chi connectivity index (χ1) is 13.9. The molecule has 0 aliphatic carbocycles. The Balaban J connectivity index is 2.46. The van der Waals surface area contributed by atoms with Crippen molar-refractivity contribution in [3.63, 3.8) is 0 Å². The zero-order valence-electron chi connectivity index (χ0n) is 18.3. The number of halogens is 1. The van der Waals surface area contributed by atoms with E-state index in [0.717, 1.165) is 55.8 Å². The number of aliphatic imine (C=N–C) groups is 1. The number of likely N-dealkylation sites (N-methyl/N-ethyl adjacent to an activating group) is 1. The number of carbonyl (C=O) groups is 1. The third kappa shape index (κ3) is 9.46. The summed E-state index contributed by atoms with van der Waals surface area (Å²) in [5.41, 5.74) is 2.81. The summed E-state index contributed by atoms with van der Waals surface area (Å²) in [6, 6.07) is 5.98.